The molecule has 5 heteroatoms. The molecule has 3 nitrogen and oxygen atoms in total. The van der Waals surface area contributed by atoms with Crippen molar-refractivity contribution in [2.75, 3.05) is 5.75 Å². The van der Waals surface area contributed by atoms with Gasteiger partial charge in [0.05, 0.1) is 5.02 Å². The molecule has 0 aliphatic carbocycles. The van der Waals surface area contributed by atoms with Crippen molar-refractivity contribution in [1.82, 2.24) is 0 Å². The summed E-state index contributed by atoms with van der Waals surface area (Å²) in [5.41, 5.74) is 6.12. The molecular weight excluding hydrogens is 256 g/mol. The van der Waals surface area contributed by atoms with Crippen molar-refractivity contribution < 1.29 is 5.21 Å². The zero-order valence-corrected chi connectivity index (χ0v) is 11.6. The summed E-state index contributed by atoms with van der Waals surface area (Å²) in [6.07, 6.45) is 1.16. The van der Waals surface area contributed by atoms with Crippen molar-refractivity contribution in [3.63, 3.8) is 0 Å². The maximum absolute atomic E-state index is 8.57. The zero-order valence-electron chi connectivity index (χ0n) is 9.98. The van der Waals surface area contributed by atoms with E-state index in [-0.39, 0.29) is 5.84 Å². The smallest absolute Gasteiger partial charge is 0.170 e. The van der Waals surface area contributed by atoms with Gasteiger partial charge >= 0.3 is 0 Å². The van der Waals surface area contributed by atoms with Gasteiger partial charge < -0.3 is 10.9 Å². The van der Waals surface area contributed by atoms with Crippen LogP contribution in [0.15, 0.2) is 28.3 Å². The molecular formula is C12H17ClN2OS. The van der Waals surface area contributed by atoms with Crippen LogP contribution in [0.2, 0.25) is 5.02 Å². The molecule has 0 radical (unpaired) electrons. The number of nitrogens with two attached hydrogens (primary N) is 1. The number of oxime groups is 1. The molecule has 0 fully saturated rings. The third kappa shape index (κ3) is 4.48. The molecule has 0 saturated carbocycles. The minimum absolute atomic E-state index is 0.0747. The lowest BCUT2D eigenvalue weighted by molar-refractivity contribution is 0.318. The lowest BCUT2D eigenvalue weighted by atomic mass is 10.2. The predicted octanol–water partition coefficient (Wildman–Crippen LogP) is 3.57. The second-order valence-electron chi connectivity index (χ2n) is 4.16. The Kier molecular flexibility index (Phi) is 5.65. The van der Waals surface area contributed by atoms with Crippen LogP contribution in [0.3, 0.4) is 0 Å². The molecule has 94 valence electrons. The zero-order chi connectivity index (χ0) is 12.8. The van der Waals surface area contributed by atoms with Crippen molar-refractivity contribution in [3.05, 3.63) is 28.8 Å². The van der Waals surface area contributed by atoms with E-state index >= 15 is 0 Å². The second kappa shape index (κ2) is 6.77. The van der Waals surface area contributed by atoms with Crippen molar-refractivity contribution in [3.8, 4) is 0 Å². The van der Waals surface area contributed by atoms with Gasteiger partial charge in [-0.1, -0.05) is 30.6 Å². The lowest BCUT2D eigenvalue weighted by Crippen LogP contribution is -2.12. The fourth-order valence-corrected chi connectivity index (χ4v) is 2.75. The molecule has 0 aromatic heterocycles. The van der Waals surface area contributed by atoms with Crippen molar-refractivity contribution in [2.24, 2.45) is 16.8 Å². The van der Waals surface area contributed by atoms with Gasteiger partial charge in [-0.3, -0.25) is 0 Å². The predicted molar refractivity (Wildman–Crippen MR) is 74.1 cm³/mol. The van der Waals surface area contributed by atoms with Crippen LogP contribution in [0.5, 0.6) is 0 Å². The van der Waals surface area contributed by atoms with Gasteiger partial charge in [0.15, 0.2) is 5.84 Å². The Balaban J connectivity index is 2.70. The molecule has 0 bridgehead atoms. The first-order chi connectivity index (χ1) is 8.04. The van der Waals surface area contributed by atoms with E-state index < -0.39 is 0 Å². The third-order valence-corrected chi connectivity index (χ3v) is 3.82. The van der Waals surface area contributed by atoms with Gasteiger partial charge in [0.25, 0.3) is 0 Å². The van der Waals surface area contributed by atoms with E-state index in [9.17, 15) is 0 Å². The van der Waals surface area contributed by atoms with Gasteiger partial charge in [0, 0.05) is 10.5 Å². The summed E-state index contributed by atoms with van der Waals surface area (Å²) in [4.78, 5) is 1.03. The van der Waals surface area contributed by atoms with E-state index in [0.717, 1.165) is 17.1 Å². The Morgan fingerprint density at radius 3 is 2.76 bits per heavy atom. The Hall–Kier alpha value is -0.870. The van der Waals surface area contributed by atoms with Gasteiger partial charge in [-0.25, -0.2) is 0 Å². The van der Waals surface area contributed by atoms with Gasteiger partial charge in [-0.15, -0.1) is 11.8 Å². The Morgan fingerprint density at radius 1 is 1.53 bits per heavy atom. The fourth-order valence-electron chi connectivity index (χ4n) is 1.24. The number of hydrogen-bond acceptors (Lipinski definition) is 3. The van der Waals surface area contributed by atoms with E-state index in [0.29, 0.717) is 16.5 Å². The minimum Gasteiger partial charge on any atom is -0.409 e. The molecule has 0 aliphatic heterocycles. The topological polar surface area (TPSA) is 58.6 Å². The van der Waals surface area contributed by atoms with Gasteiger partial charge in [-0.05, 0) is 36.3 Å². The van der Waals surface area contributed by atoms with Crippen LogP contribution in [0.25, 0.3) is 0 Å². The SMILES string of the molecule is CC(C)CCSc1ccc(/C(N)=N/O)cc1Cl. The molecule has 0 spiro atoms. The summed E-state index contributed by atoms with van der Waals surface area (Å²) < 4.78 is 0. The summed E-state index contributed by atoms with van der Waals surface area (Å²) >= 11 is 7.86. The molecule has 1 aromatic carbocycles. The fraction of sp³-hybridized carbons (Fsp3) is 0.417. The van der Waals surface area contributed by atoms with E-state index in [1.54, 1.807) is 23.9 Å². The van der Waals surface area contributed by atoms with Crippen LogP contribution in [-0.2, 0) is 0 Å². The number of benzene rings is 1. The van der Waals surface area contributed by atoms with Gasteiger partial charge in [0.1, 0.15) is 0 Å². The van der Waals surface area contributed by atoms with Crippen LogP contribution in [0.4, 0.5) is 0 Å². The highest BCUT2D eigenvalue weighted by atomic mass is 35.5. The van der Waals surface area contributed by atoms with Gasteiger partial charge in [-0.2, -0.15) is 0 Å². The minimum atomic E-state index is 0.0747. The first-order valence-corrected chi connectivity index (χ1v) is 6.81. The number of rotatable bonds is 5. The lowest BCUT2D eigenvalue weighted by Gasteiger charge is -2.07. The van der Waals surface area contributed by atoms with E-state index in [2.05, 4.69) is 19.0 Å². The Bertz CT molecular complexity index is 407. The van der Waals surface area contributed by atoms with Crippen LogP contribution in [0, 0.1) is 5.92 Å². The maximum Gasteiger partial charge on any atom is 0.170 e. The first-order valence-electron chi connectivity index (χ1n) is 5.45. The number of thioether (sulfide) groups is 1. The van der Waals surface area contributed by atoms with Crippen LogP contribution in [0.1, 0.15) is 25.8 Å². The van der Waals surface area contributed by atoms with E-state index in [1.165, 1.54) is 0 Å². The number of hydrogen-bond donors (Lipinski definition) is 2. The maximum atomic E-state index is 8.57. The molecule has 1 rings (SSSR count). The first kappa shape index (κ1) is 14.2. The summed E-state index contributed by atoms with van der Waals surface area (Å²) in [7, 11) is 0. The molecule has 17 heavy (non-hydrogen) atoms. The molecule has 3 N–H and O–H groups in total. The average Bonchev–Trinajstić information content (AvgIpc) is 2.29. The summed E-state index contributed by atoms with van der Waals surface area (Å²) in [5, 5.41) is 12.2. The molecule has 0 amide bonds. The summed E-state index contributed by atoms with van der Waals surface area (Å²) in [6, 6.07) is 5.42. The largest absolute Gasteiger partial charge is 0.409 e. The van der Waals surface area contributed by atoms with Gasteiger partial charge in [0.2, 0.25) is 0 Å². The Morgan fingerprint density at radius 2 is 2.24 bits per heavy atom. The number of amidine groups is 1. The molecule has 0 unspecified atom stereocenters. The van der Waals surface area contributed by atoms with Crippen LogP contribution in [-0.4, -0.2) is 16.8 Å². The number of nitrogens with zero attached hydrogens (tertiary/aromatic N) is 1. The normalized spacial score (nSPS) is 12.1. The quantitative estimate of drug-likeness (QED) is 0.283. The van der Waals surface area contributed by atoms with E-state index in [1.807, 2.05) is 6.07 Å². The highest BCUT2D eigenvalue weighted by molar-refractivity contribution is 7.99. The molecule has 0 heterocycles. The highest BCUT2D eigenvalue weighted by Crippen LogP contribution is 2.29. The highest BCUT2D eigenvalue weighted by Gasteiger charge is 2.06. The van der Waals surface area contributed by atoms with Crippen LogP contribution < -0.4 is 5.73 Å². The number of halogens is 1. The van der Waals surface area contributed by atoms with Crippen molar-refractivity contribution in [1.29, 1.82) is 0 Å². The molecule has 0 atom stereocenters. The van der Waals surface area contributed by atoms with Crippen LogP contribution >= 0.6 is 23.4 Å². The van der Waals surface area contributed by atoms with E-state index in [4.69, 9.17) is 22.5 Å². The Labute approximate surface area is 111 Å². The summed E-state index contributed by atoms with van der Waals surface area (Å²) in [6.45, 7) is 4.40. The standard InChI is InChI=1S/C12H17ClN2OS/c1-8(2)5-6-17-11-4-3-9(7-10(11)13)12(14)15-16/h3-4,7-8,16H,5-6H2,1-2H3,(H2,14,15). The molecule has 1 aromatic rings. The summed E-state index contributed by atoms with van der Waals surface area (Å²) in [5.74, 6) is 1.81. The second-order valence-corrected chi connectivity index (χ2v) is 5.71. The third-order valence-electron chi connectivity index (χ3n) is 2.29. The average molecular weight is 273 g/mol. The van der Waals surface area contributed by atoms with Crippen molar-refractivity contribution in [2.45, 2.75) is 25.2 Å². The molecule has 0 aliphatic rings. The van der Waals surface area contributed by atoms with Crippen molar-refractivity contribution >= 4 is 29.2 Å². The monoisotopic (exact) mass is 272 g/mol. The molecule has 0 saturated heterocycles.